The Hall–Kier alpha value is -2.61. The van der Waals surface area contributed by atoms with Crippen molar-refractivity contribution in [3.8, 4) is 32.3 Å². The van der Waals surface area contributed by atoms with E-state index in [0.29, 0.717) is 21.8 Å². The zero-order chi connectivity index (χ0) is 21.5. The lowest BCUT2D eigenvalue weighted by atomic mass is 10.1. The molecule has 0 aliphatic carbocycles. The van der Waals surface area contributed by atoms with Crippen LogP contribution in [0.3, 0.4) is 0 Å². The fraction of sp³-hybridized carbons (Fsp3) is 0.0455. The molecule has 152 valence electrons. The van der Waals surface area contributed by atoms with E-state index in [1.54, 1.807) is 30.3 Å². The topological polar surface area (TPSA) is 47.0 Å². The first-order chi connectivity index (χ1) is 14.2. The van der Waals surface area contributed by atoms with Crippen molar-refractivity contribution in [3.63, 3.8) is 0 Å². The number of hydrogen-bond acceptors (Lipinski definition) is 4. The molecule has 0 unspecified atom stereocenters. The van der Waals surface area contributed by atoms with Crippen LogP contribution < -0.4 is 0 Å². The van der Waals surface area contributed by atoms with Gasteiger partial charge in [-0.25, -0.2) is 22.2 Å². The lowest BCUT2D eigenvalue weighted by Crippen LogP contribution is -1.96. The van der Waals surface area contributed by atoms with Crippen LogP contribution in [0.2, 0.25) is 5.02 Å². The summed E-state index contributed by atoms with van der Waals surface area (Å²) in [5, 5.41) is 0.600. The van der Waals surface area contributed by atoms with Crippen LogP contribution in [0, 0.1) is 11.6 Å². The van der Waals surface area contributed by atoms with Gasteiger partial charge in [0.2, 0.25) is 0 Å². The van der Waals surface area contributed by atoms with E-state index < -0.39 is 15.7 Å². The molecule has 0 spiro atoms. The minimum Gasteiger partial charge on any atom is -0.235 e. The number of aromatic nitrogens is 1. The van der Waals surface area contributed by atoms with Crippen molar-refractivity contribution in [2.45, 2.75) is 4.90 Å². The van der Waals surface area contributed by atoms with Crippen molar-refractivity contribution in [1.82, 2.24) is 4.98 Å². The molecule has 1 heterocycles. The molecule has 0 bridgehead atoms. The van der Waals surface area contributed by atoms with Gasteiger partial charge in [-0.3, -0.25) is 0 Å². The molecule has 0 N–H and O–H groups in total. The molecule has 0 atom stereocenters. The van der Waals surface area contributed by atoms with Gasteiger partial charge in [0.05, 0.1) is 20.5 Å². The maximum atomic E-state index is 13.6. The van der Waals surface area contributed by atoms with Crippen LogP contribution in [0.25, 0.3) is 32.3 Å². The molecule has 0 saturated heterocycles. The van der Waals surface area contributed by atoms with Gasteiger partial charge in [0.1, 0.15) is 16.6 Å². The highest BCUT2D eigenvalue weighted by molar-refractivity contribution is 7.90. The van der Waals surface area contributed by atoms with Crippen molar-refractivity contribution in [2.24, 2.45) is 0 Å². The van der Waals surface area contributed by atoms with Crippen LogP contribution in [-0.2, 0) is 9.84 Å². The van der Waals surface area contributed by atoms with Crippen LogP contribution in [0.1, 0.15) is 0 Å². The summed E-state index contributed by atoms with van der Waals surface area (Å²) >= 11 is 7.28. The second kappa shape index (κ2) is 7.91. The van der Waals surface area contributed by atoms with Gasteiger partial charge in [0.25, 0.3) is 0 Å². The number of halogens is 3. The maximum Gasteiger partial charge on any atom is 0.175 e. The van der Waals surface area contributed by atoms with Gasteiger partial charge in [-0.05, 0) is 60.2 Å². The van der Waals surface area contributed by atoms with Crippen LogP contribution in [0.15, 0.2) is 71.6 Å². The minimum atomic E-state index is -3.32. The van der Waals surface area contributed by atoms with Crippen molar-refractivity contribution in [1.29, 1.82) is 0 Å². The molecular weight excluding hydrogens is 448 g/mol. The first-order valence-electron chi connectivity index (χ1n) is 8.75. The van der Waals surface area contributed by atoms with E-state index in [-0.39, 0.29) is 15.7 Å². The second-order valence-corrected chi connectivity index (χ2v) is 10.1. The van der Waals surface area contributed by atoms with E-state index in [1.165, 1.54) is 47.7 Å². The Bertz CT molecular complexity index is 1330. The standard InChI is InChI=1S/C22H14ClF2NO2S2/c1-30(27,28)17-9-4-14(5-10-17)21-20(13-2-7-16(24)8-3-13)26-22(29-21)15-6-11-19(25)18(23)12-15/h2-12H,1H3. The Labute approximate surface area is 181 Å². The zero-order valence-electron chi connectivity index (χ0n) is 15.6. The molecule has 3 nitrogen and oxygen atoms in total. The molecule has 4 aromatic rings. The predicted octanol–water partition coefficient (Wildman–Crippen LogP) is 6.48. The summed E-state index contributed by atoms with van der Waals surface area (Å²) in [6.07, 6.45) is 1.15. The summed E-state index contributed by atoms with van der Waals surface area (Å²) in [5.41, 5.74) is 2.73. The molecule has 0 aliphatic rings. The van der Waals surface area contributed by atoms with Crippen LogP contribution in [0.5, 0.6) is 0 Å². The van der Waals surface area contributed by atoms with Crippen molar-refractivity contribution in [2.75, 3.05) is 6.26 Å². The summed E-state index contributed by atoms with van der Waals surface area (Å²) in [6.45, 7) is 0. The van der Waals surface area contributed by atoms with Gasteiger partial charge in [-0.2, -0.15) is 0 Å². The third-order valence-corrected chi connectivity index (χ3v) is 7.03. The third-order valence-electron chi connectivity index (χ3n) is 4.46. The van der Waals surface area contributed by atoms with E-state index in [1.807, 2.05) is 0 Å². The first kappa shape index (κ1) is 20.7. The van der Waals surface area contributed by atoms with Crippen molar-refractivity contribution < 1.29 is 17.2 Å². The highest BCUT2D eigenvalue weighted by atomic mass is 35.5. The number of hydrogen-bond donors (Lipinski definition) is 0. The Kier molecular flexibility index (Phi) is 5.44. The average Bonchev–Trinajstić information content (AvgIpc) is 3.15. The molecule has 0 radical (unpaired) electrons. The van der Waals surface area contributed by atoms with E-state index in [4.69, 9.17) is 16.6 Å². The Morgan fingerprint density at radius 2 is 1.47 bits per heavy atom. The van der Waals surface area contributed by atoms with Crippen molar-refractivity contribution in [3.05, 3.63) is 83.4 Å². The van der Waals surface area contributed by atoms with Crippen LogP contribution >= 0.6 is 22.9 Å². The number of thiazole rings is 1. The molecule has 0 aliphatic heterocycles. The molecular formula is C22H14ClF2NO2S2. The molecule has 4 rings (SSSR count). The van der Waals surface area contributed by atoms with E-state index >= 15 is 0 Å². The monoisotopic (exact) mass is 461 g/mol. The molecule has 0 amide bonds. The smallest absolute Gasteiger partial charge is 0.175 e. The largest absolute Gasteiger partial charge is 0.235 e. The Morgan fingerprint density at radius 3 is 2.07 bits per heavy atom. The zero-order valence-corrected chi connectivity index (χ0v) is 18.0. The highest BCUT2D eigenvalue weighted by Crippen LogP contribution is 2.41. The first-order valence-corrected chi connectivity index (χ1v) is 11.8. The number of benzene rings is 3. The molecule has 8 heteroatoms. The average molecular weight is 462 g/mol. The van der Waals surface area contributed by atoms with Gasteiger partial charge in [-0.1, -0.05) is 23.7 Å². The third kappa shape index (κ3) is 4.14. The summed E-state index contributed by atoms with van der Waals surface area (Å²) in [6, 6.07) is 16.8. The van der Waals surface area contributed by atoms with Crippen LogP contribution in [0.4, 0.5) is 8.78 Å². The fourth-order valence-corrected chi connectivity index (χ4v) is 4.83. The summed E-state index contributed by atoms with van der Waals surface area (Å²) in [4.78, 5) is 5.68. The van der Waals surface area contributed by atoms with Gasteiger partial charge in [0, 0.05) is 17.4 Å². The lowest BCUT2D eigenvalue weighted by molar-refractivity contribution is 0.602. The quantitative estimate of drug-likeness (QED) is 0.349. The van der Waals surface area contributed by atoms with E-state index in [9.17, 15) is 17.2 Å². The number of rotatable bonds is 4. The van der Waals surface area contributed by atoms with E-state index in [2.05, 4.69) is 0 Å². The summed E-state index contributed by atoms with van der Waals surface area (Å²) in [5.74, 6) is -0.883. The molecule has 1 aromatic heterocycles. The molecule has 0 fully saturated rings. The molecule has 30 heavy (non-hydrogen) atoms. The highest BCUT2D eigenvalue weighted by Gasteiger charge is 2.18. The molecule has 0 saturated carbocycles. The lowest BCUT2D eigenvalue weighted by Gasteiger charge is -2.04. The minimum absolute atomic E-state index is 0.00918. The second-order valence-electron chi connectivity index (χ2n) is 6.63. The fourth-order valence-electron chi connectivity index (χ4n) is 2.93. The Balaban J connectivity index is 1.88. The van der Waals surface area contributed by atoms with Gasteiger partial charge in [0.15, 0.2) is 9.84 Å². The van der Waals surface area contributed by atoms with Gasteiger partial charge in [-0.15, -0.1) is 11.3 Å². The summed E-state index contributed by atoms with van der Waals surface area (Å²) in [7, 11) is -3.32. The van der Waals surface area contributed by atoms with Gasteiger partial charge < -0.3 is 0 Å². The SMILES string of the molecule is CS(=O)(=O)c1ccc(-c2sc(-c3ccc(F)c(Cl)c3)nc2-c2ccc(F)cc2)cc1. The normalized spacial score (nSPS) is 11.6. The Morgan fingerprint density at radius 1 is 0.867 bits per heavy atom. The van der Waals surface area contributed by atoms with Gasteiger partial charge >= 0.3 is 0 Å². The maximum absolute atomic E-state index is 13.6. The number of sulfone groups is 1. The van der Waals surface area contributed by atoms with E-state index in [0.717, 1.165) is 16.7 Å². The number of nitrogens with zero attached hydrogens (tertiary/aromatic N) is 1. The summed E-state index contributed by atoms with van der Waals surface area (Å²) < 4.78 is 50.5. The van der Waals surface area contributed by atoms with Crippen LogP contribution in [-0.4, -0.2) is 19.7 Å². The molecule has 3 aromatic carbocycles. The predicted molar refractivity (Wildman–Crippen MR) is 116 cm³/mol. The van der Waals surface area contributed by atoms with Crippen molar-refractivity contribution >= 4 is 32.8 Å².